The smallest absolute Gasteiger partial charge is 0.343 e. The maximum Gasteiger partial charge on any atom is 0.343 e. The van der Waals surface area contributed by atoms with Crippen molar-refractivity contribution in [3.63, 3.8) is 0 Å². The molecule has 2 rings (SSSR count). The van der Waals surface area contributed by atoms with Gasteiger partial charge in [-0.05, 0) is 61.4 Å². The molecule has 2 aromatic carbocycles. The quantitative estimate of drug-likeness (QED) is 0.179. The van der Waals surface area contributed by atoms with Crippen LogP contribution in [0.15, 0.2) is 66.9 Å². The minimum atomic E-state index is -0.560. The Balaban J connectivity index is 1.96. The van der Waals surface area contributed by atoms with E-state index in [-0.39, 0.29) is 5.70 Å². The van der Waals surface area contributed by atoms with Crippen LogP contribution in [0.5, 0.6) is 5.75 Å². The molecule has 5 nitrogen and oxygen atoms in total. The van der Waals surface area contributed by atoms with E-state index in [4.69, 9.17) is 4.74 Å². The van der Waals surface area contributed by atoms with Crippen LogP contribution in [0.4, 0.5) is 0 Å². The predicted molar refractivity (Wildman–Crippen MR) is 105 cm³/mol. The van der Waals surface area contributed by atoms with E-state index < -0.39 is 10.9 Å². The highest BCUT2D eigenvalue weighted by atomic mass is 16.6. The summed E-state index contributed by atoms with van der Waals surface area (Å²) in [7, 11) is 0. The average Bonchev–Trinajstić information content (AvgIpc) is 2.67. The van der Waals surface area contributed by atoms with Crippen molar-refractivity contribution in [3.8, 4) is 17.6 Å². The molecule has 0 fully saturated rings. The standard InChI is InChI=1S/C22H19NO4/c1-3-4-5-6-18-9-13-20(14-10-18)22(24)27-21-15-11-19(12-16-21)8-7-17(2)23(25)26/h7-16H,2,5-6H2,1H3/b8-7+. The number of rotatable bonds is 7. The SMILES string of the molecule is C=C(/C=C/c1ccc(OC(=O)c2ccc(CCC#CC)cc2)cc1)[N+](=O)[O-]. The van der Waals surface area contributed by atoms with E-state index in [1.165, 1.54) is 6.08 Å². The van der Waals surface area contributed by atoms with Crippen LogP contribution >= 0.6 is 0 Å². The Morgan fingerprint density at radius 3 is 2.44 bits per heavy atom. The van der Waals surface area contributed by atoms with Crippen molar-refractivity contribution in [1.29, 1.82) is 0 Å². The molecule has 0 aromatic heterocycles. The Morgan fingerprint density at radius 1 is 1.19 bits per heavy atom. The molecular weight excluding hydrogens is 342 g/mol. The molecule has 0 saturated heterocycles. The van der Waals surface area contributed by atoms with E-state index in [0.29, 0.717) is 11.3 Å². The van der Waals surface area contributed by atoms with Crippen LogP contribution in [0.3, 0.4) is 0 Å². The van der Waals surface area contributed by atoms with Crippen molar-refractivity contribution in [1.82, 2.24) is 0 Å². The first-order chi connectivity index (χ1) is 13.0. The van der Waals surface area contributed by atoms with E-state index in [1.807, 2.05) is 19.1 Å². The Hall–Kier alpha value is -3.65. The summed E-state index contributed by atoms with van der Waals surface area (Å²) < 4.78 is 5.35. The minimum absolute atomic E-state index is 0.198. The summed E-state index contributed by atoms with van der Waals surface area (Å²) in [5.74, 6) is 5.81. The van der Waals surface area contributed by atoms with Crippen LogP contribution in [0.25, 0.3) is 6.08 Å². The van der Waals surface area contributed by atoms with E-state index in [1.54, 1.807) is 42.5 Å². The molecule has 136 valence electrons. The molecule has 0 atom stereocenters. The Kier molecular flexibility index (Phi) is 7.09. The summed E-state index contributed by atoms with van der Waals surface area (Å²) in [5.41, 5.74) is 2.11. The fourth-order valence-electron chi connectivity index (χ4n) is 2.21. The van der Waals surface area contributed by atoms with Crippen molar-refractivity contribution >= 4 is 12.0 Å². The number of carbonyl (C=O) groups is 1. The van der Waals surface area contributed by atoms with E-state index in [0.717, 1.165) is 24.0 Å². The summed E-state index contributed by atoms with van der Waals surface area (Å²) in [5, 5.41) is 10.5. The second-order valence-corrected chi connectivity index (χ2v) is 5.66. The first-order valence-electron chi connectivity index (χ1n) is 8.32. The molecule has 0 spiro atoms. The molecule has 0 aliphatic heterocycles. The zero-order valence-corrected chi connectivity index (χ0v) is 15.0. The first kappa shape index (κ1) is 19.7. The molecule has 0 bridgehead atoms. The number of ether oxygens (including phenoxy) is 1. The van der Waals surface area contributed by atoms with Crippen LogP contribution in [-0.2, 0) is 6.42 Å². The molecular formula is C22H19NO4. The number of esters is 1. The summed E-state index contributed by atoms with van der Waals surface area (Å²) in [6.45, 7) is 5.14. The van der Waals surface area contributed by atoms with Crippen molar-refractivity contribution < 1.29 is 14.5 Å². The van der Waals surface area contributed by atoms with Crippen molar-refractivity contribution in [2.24, 2.45) is 0 Å². The third-order valence-electron chi connectivity index (χ3n) is 3.70. The lowest BCUT2D eigenvalue weighted by atomic mass is 10.1. The van der Waals surface area contributed by atoms with Gasteiger partial charge in [0, 0.05) is 12.5 Å². The molecule has 2 aromatic rings. The lowest BCUT2D eigenvalue weighted by molar-refractivity contribution is -0.418. The van der Waals surface area contributed by atoms with Gasteiger partial charge in [0.2, 0.25) is 0 Å². The number of allylic oxidation sites excluding steroid dienone is 1. The van der Waals surface area contributed by atoms with E-state index >= 15 is 0 Å². The maximum atomic E-state index is 12.2. The lowest BCUT2D eigenvalue weighted by Gasteiger charge is -2.05. The number of carbonyl (C=O) groups excluding carboxylic acids is 1. The maximum absolute atomic E-state index is 12.2. The van der Waals surface area contributed by atoms with Crippen molar-refractivity contribution in [2.75, 3.05) is 0 Å². The summed E-state index contributed by atoms with van der Waals surface area (Å²) in [4.78, 5) is 22.2. The van der Waals surface area contributed by atoms with Gasteiger partial charge in [0.25, 0.3) is 5.70 Å². The van der Waals surface area contributed by atoms with Gasteiger partial charge in [-0.2, -0.15) is 0 Å². The third kappa shape index (κ3) is 6.29. The molecule has 0 saturated carbocycles. The second kappa shape index (κ2) is 9.73. The molecule has 0 aliphatic carbocycles. The van der Waals surface area contributed by atoms with Gasteiger partial charge in [-0.3, -0.25) is 10.1 Å². The van der Waals surface area contributed by atoms with Gasteiger partial charge in [-0.15, -0.1) is 11.8 Å². The number of hydrogen-bond donors (Lipinski definition) is 0. The molecule has 0 heterocycles. The van der Waals surface area contributed by atoms with Gasteiger partial charge >= 0.3 is 5.97 Å². The Bertz CT molecular complexity index is 914. The van der Waals surface area contributed by atoms with Gasteiger partial charge in [0.1, 0.15) is 5.75 Å². The Morgan fingerprint density at radius 2 is 1.85 bits per heavy atom. The van der Waals surface area contributed by atoms with Gasteiger partial charge < -0.3 is 4.74 Å². The highest BCUT2D eigenvalue weighted by Gasteiger charge is 2.08. The Labute approximate surface area is 158 Å². The number of aryl methyl sites for hydroxylation is 1. The fraction of sp³-hybridized carbons (Fsp3) is 0.136. The highest BCUT2D eigenvalue weighted by Crippen LogP contribution is 2.16. The molecule has 0 radical (unpaired) electrons. The van der Waals surface area contributed by atoms with E-state index in [9.17, 15) is 14.9 Å². The van der Waals surface area contributed by atoms with Crippen LogP contribution in [-0.4, -0.2) is 10.9 Å². The zero-order chi connectivity index (χ0) is 19.6. The monoisotopic (exact) mass is 361 g/mol. The molecule has 5 heteroatoms. The third-order valence-corrected chi connectivity index (χ3v) is 3.70. The number of benzene rings is 2. The van der Waals surface area contributed by atoms with Crippen LogP contribution in [0.2, 0.25) is 0 Å². The molecule has 0 unspecified atom stereocenters. The molecule has 0 amide bonds. The van der Waals surface area contributed by atoms with Crippen LogP contribution < -0.4 is 4.74 Å². The van der Waals surface area contributed by atoms with Crippen LogP contribution in [0, 0.1) is 22.0 Å². The second-order valence-electron chi connectivity index (χ2n) is 5.66. The van der Waals surface area contributed by atoms with Crippen LogP contribution in [0.1, 0.15) is 34.8 Å². The zero-order valence-electron chi connectivity index (χ0n) is 15.0. The highest BCUT2D eigenvalue weighted by molar-refractivity contribution is 5.91. The van der Waals surface area contributed by atoms with Gasteiger partial charge in [-0.1, -0.05) is 24.3 Å². The summed E-state index contributed by atoms with van der Waals surface area (Å²) in [6.07, 6.45) is 4.51. The topological polar surface area (TPSA) is 69.4 Å². The molecule has 27 heavy (non-hydrogen) atoms. The molecule has 0 N–H and O–H groups in total. The van der Waals surface area contributed by atoms with Gasteiger partial charge in [0.15, 0.2) is 0 Å². The fourth-order valence-corrected chi connectivity index (χ4v) is 2.21. The first-order valence-corrected chi connectivity index (χ1v) is 8.32. The molecule has 0 aliphatic rings. The summed E-state index contributed by atoms with van der Waals surface area (Å²) in [6, 6.07) is 13.9. The number of hydrogen-bond acceptors (Lipinski definition) is 4. The van der Waals surface area contributed by atoms with Gasteiger partial charge in [0.05, 0.1) is 10.5 Å². The van der Waals surface area contributed by atoms with Gasteiger partial charge in [-0.25, -0.2) is 4.79 Å². The number of nitro groups is 1. The predicted octanol–water partition coefficient (Wildman–Crippen LogP) is 4.67. The minimum Gasteiger partial charge on any atom is -0.423 e. The average molecular weight is 361 g/mol. The van der Waals surface area contributed by atoms with E-state index in [2.05, 4.69) is 18.4 Å². The normalized spacial score (nSPS) is 10.1. The largest absolute Gasteiger partial charge is 0.423 e. The van der Waals surface area contributed by atoms with Crippen molar-refractivity contribution in [2.45, 2.75) is 19.8 Å². The number of nitrogens with zero attached hydrogens (tertiary/aromatic N) is 1. The lowest BCUT2D eigenvalue weighted by Crippen LogP contribution is -2.08. The summed E-state index contributed by atoms with van der Waals surface area (Å²) >= 11 is 0. The van der Waals surface area contributed by atoms with Crippen molar-refractivity contribution in [3.05, 3.63) is 93.7 Å².